The number of nitrogens with two attached hydrogens (primary N) is 1. The minimum Gasteiger partial charge on any atom is -0.372 e. The lowest BCUT2D eigenvalue weighted by Crippen LogP contribution is -2.18. The Morgan fingerprint density at radius 2 is 2.21 bits per heavy atom. The molecule has 2 rings (SSSR count). The van der Waals surface area contributed by atoms with E-state index >= 15 is 0 Å². The second-order valence-corrected chi connectivity index (χ2v) is 4.36. The van der Waals surface area contributed by atoms with E-state index in [2.05, 4.69) is 14.9 Å². The van der Waals surface area contributed by atoms with Crippen LogP contribution < -0.4 is 5.73 Å². The van der Waals surface area contributed by atoms with Gasteiger partial charge in [-0.3, -0.25) is 0 Å². The van der Waals surface area contributed by atoms with Crippen molar-refractivity contribution in [2.45, 2.75) is 31.0 Å². The number of hydrogen-bond donors (Lipinski definition) is 1. The number of alkyl halides is 3. The summed E-state index contributed by atoms with van der Waals surface area (Å²) >= 11 is 0. The third-order valence-corrected chi connectivity index (χ3v) is 2.65. The number of nitrogens with zero attached hydrogens (tertiary/aromatic N) is 2. The van der Waals surface area contributed by atoms with Crippen molar-refractivity contribution in [2.24, 2.45) is 5.73 Å². The van der Waals surface area contributed by atoms with E-state index in [0.717, 1.165) is 0 Å². The summed E-state index contributed by atoms with van der Waals surface area (Å²) < 4.78 is 45.0. The smallest absolute Gasteiger partial charge is 0.372 e. The highest BCUT2D eigenvalue weighted by molar-refractivity contribution is 5.15. The van der Waals surface area contributed by atoms with Crippen molar-refractivity contribution in [1.82, 2.24) is 10.1 Å². The summed E-state index contributed by atoms with van der Waals surface area (Å²) in [6.45, 7) is -1.36. The maximum atomic E-state index is 11.8. The van der Waals surface area contributed by atoms with E-state index in [1.807, 2.05) is 12.2 Å². The molecule has 0 spiro atoms. The zero-order valence-corrected chi connectivity index (χ0v) is 10.1. The molecule has 2 atom stereocenters. The molecule has 106 valence electrons. The van der Waals surface area contributed by atoms with Gasteiger partial charge in [-0.25, -0.2) is 0 Å². The predicted molar refractivity (Wildman–Crippen MR) is 59.3 cm³/mol. The maximum absolute atomic E-state index is 11.8. The van der Waals surface area contributed by atoms with Crippen LogP contribution in [0, 0.1) is 0 Å². The first kappa shape index (κ1) is 14.0. The van der Waals surface area contributed by atoms with Crippen molar-refractivity contribution >= 4 is 0 Å². The molecule has 0 aliphatic heterocycles. The summed E-state index contributed by atoms with van der Waals surface area (Å²) in [6, 6.07) is -0.0181. The first-order valence-corrected chi connectivity index (χ1v) is 5.85. The van der Waals surface area contributed by atoms with E-state index in [0.29, 0.717) is 18.1 Å². The van der Waals surface area contributed by atoms with Crippen molar-refractivity contribution in [3.8, 4) is 0 Å². The zero-order valence-electron chi connectivity index (χ0n) is 10.1. The fraction of sp³-hybridized carbons (Fsp3) is 0.636. The Bertz CT molecular complexity index is 445. The average molecular weight is 277 g/mol. The van der Waals surface area contributed by atoms with Crippen LogP contribution >= 0.6 is 0 Å². The SMILES string of the molecule is NC1C=CC(c2nc(CCOCC(F)(F)F)no2)C1. The number of ether oxygens (including phenoxy) is 1. The van der Waals surface area contributed by atoms with Gasteiger partial charge < -0.3 is 15.0 Å². The van der Waals surface area contributed by atoms with Gasteiger partial charge in [0.15, 0.2) is 5.82 Å². The quantitative estimate of drug-likeness (QED) is 0.653. The molecule has 2 unspecified atom stereocenters. The Balaban J connectivity index is 1.77. The molecule has 5 nitrogen and oxygen atoms in total. The molecule has 0 fully saturated rings. The van der Waals surface area contributed by atoms with E-state index in [1.54, 1.807) is 0 Å². The van der Waals surface area contributed by atoms with Crippen LogP contribution in [0.25, 0.3) is 0 Å². The molecule has 1 aliphatic carbocycles. The van der Waals surface area contributed by atoms with Gasteiger partial charge in [0, 0.05) is 12.5 Å². The monoisotopic (exact) mass is 277 g/mol. The molecule has 19 heavy (non-hydrogen) atoms. The van der Waals surface area contributed by atoms with Gasteiger partial charge in [0.25, 0.3) is 0 Å². The van der Waals surface area contributed by atoms with Gasteiger partial charge in [0.05, 0.1) is 12.5 Å². The molecular formula is C11H14F3N3O2. The maximum Gasteiger partial charge on any atom is 0.411 e. The van der Waals surface area contributed by atoms with Crippen LogP contribution in [0.1, 0.15) is 24.1 Å². The summed E-state index contributed by atoms with van der Waals surface area (Å²) in [5, 5.41) is 3.70. The number of halogens is 3. The fourth-order valence-electron chi connectivity index (χ4n) is 1.78. The minimum absolute atomic E-state index is 0.00709. The van der Waals surface area contributed by atoms with Crippen molar-refractivity contribution < 1.29 is 22.4 Å². The molecule has 1 heterocycles. The lowest BCUT2D eigenvalue weighted by molar-refractivity contribution is -0.173. The molecule has 1 aromatic heterocycles. The van der Waals surface area contributed by atoms with Crippen LogP contribution in [0.3, 0.4) is 0 Å². The van der Waals surface area contributed by atoms with Gasteiger partial charge in [0.2, 0.25) is 5.89 Å². The Kier molecular flexibility index (Phi) is 4.20. The fourth-order valence-corrected chi connectivity index (χ4v) is 1.78. The van der Waals surface area contributed by atoms with Gasteiger partial charge in [-0.2, -0.15) is 18.2 Å². The topological polar surface area (TPSA) is 74.2 Å². The second-order valence-electron chi connectivity index (χ2n) is 4.36. The van der Waals surface area contributed by atoms with Crippen LogP contribution in [-0.2, 0) is 11.2 Å². The molecule has 0 saturated carbocycles. The van der Waals surface area contributed by atoms with E-state index in [-0.39, 0.29) is 25.0 Å². The first-order chi connectivity index (χ1) is 8.94. The molecule has 1 aliphatic rings. The lowest BCUT2D eigenvalue weighted by atomic mass is 10.1. The molecule has 1 aromatic rings. The Hall–Kier alpha value is -1.41. The predicted octanol–water partition coefficient (Wildman–Crippen LogP) is 1.56. The van der Waals surface area contributed by atoms with Crippen molar-refractivity contribution in [3.63, 3.8) is 0 Å². The molecule has 0 aromatic carbocycles. The molecule has 8 heteroatoms. The Morgan fingerprint density at radius 1 is 1.42 bits per heavy atom. The number of hydrogen-bond acceptors (Lipinski definition) is 5. The highest BCUT2D eigenvalue weighted by Gasteiger charge is 2.27. The number of rotatable bonds is 5. The van der Waals surface area contributed by atoms with Crippen LogP contribution in [-0.4, -0.2) is 35.6 Å². The van der Waals surface area contributed by atoms with Crippen molar-refractivity contribution in [2.75, 3.05) is 13.2 Å². The molecular weight excluding hydrogens is 263 g/mol. The van der Waals surface area contributed by atoms with Gasteiger partial charge in [-0.15, -0.1) is 0 Å². The van der Waals surface area contributed by atoms with E-state index in [4.69, 9.17) is 10.3 Å². The summed E-state index contributed by atoms with van der Waals surface area (Å²) in [4.78, 5) is 4.11. The Labute approximate surface area is 107 Å². The minimum atomic E-state index is -4.31. The van der Waals surface area contributed by atoms with Crippen LogP contribution in [0.2, 0.25) is 0 Å². The Morgan fingerprint density at radius 3 is 2.84 bits per heavy atom. The van der Waals surface area contributed by atoms with Gasteiger partial charge in [-0.1, -0.05) is 17.3 Å². The highest BCUT2D eigenvalue weighted by Crippen LogP contribution is 2.26. The van der Waals surface area contributed by atoms with Gasteiger partial charge >= 0.3 is 6.18 Å². The van der Waals surface area contributed by atoms with E-state index in [1.165, 1.54) is 0 Å². The second kappa shape index (κ2) is 5.70. The third kappa shape index (κ3) is 4.32. The number of allylic oxidation sites excluding steroid dienone is 1. The van der Waals surface area contributed by atoms with E-state index in [9.17, 15) is 13.2 Å². The summed E-state index contributed by atoms with van der Waals surface area (Å²) in [5.74, 6) is 0.772. The average Bonchev–Trinajstić information content (AvgIpc) is 2.92. The van der Waals surface area contributed by atoms with Gasteiger partial charge in [-0.05, 0) is 6.42 Å². The largest absolute Gasteiger partial charge is 0.411 e. The number of aromatic nitrogens is 2. The summed E-state index contributed by atoms with van der Waals surface area (Å²) in [5.41, 5.74) is 5.71. The molecule has 0 radical (unpaired) electrons. The normalized spacial score (nSPS) is 23.2. The van der Waals surface area contributed by atoms with Crippen LogP contribution in [0.15, 0.2) is 16.7 Å². The zero-order chi connectivity index (χ0) is 13.9. The van der Waals surface area contributed by atoms with Crippen molar-refractivity contribution in [3.05, 3.63) is 23.9 Å². The van der Waals surface area contributed by atoms with Gasteiger partial charge in [0.1, 0.15) is 6.61 Å². The van der Waals surface area contributed by atoms with Crippen LogP contribution in [0.4, 0.5) is 13.2 Å². The summed E-state index contributed by atoms with van der Waals surface area (Å²) in [6.07, 6.45) is 0.324. The standard InChI is InChI=1S/C11H14F3N3O2/c12-11(13,14)6-18-4-3-9-16-10(19-17-9)7-1-2-8(15)5-7/h1-2,7-8H,3-6,15H2. The van der Waals surface area contributed by atoms with Crippen LogP contribution in [0.5, 0.6) is 0 Å². The molecule has 2 N–H and O–H groups in total. The third-order valence-electron chi connectivity index (χ3n) is 2.65. The molecule has 0 amide bonds. The summed E-state index contributed by atoms with van der Waals surface area (Å²) in [7, 11) is 0. The highest BCUT2D eigenvalue weighted by atomic mass is 19.4. The molecule has 0 saturated heterocycles. The molecule has 0 bridgehead atoms. The lowest BCUT2D eigenvalue weighted by Gasteiger charge is -2.05. The van der Waals surface area contributed by atoms with Crippen molar-refractivity contribution in [1.29, 1.82) is 0 Å². The van der Waals surface area contributed by atoms with E-state index < -0.39 is 12.8 Å². The first-order valence-electron chi connectivity index (χ1n) is 5.85.